The van der Waals surface area contributed by atoms with Crippen LogP contribution in [0.15, 0.2) is 42.5 Å². The number of halogens is 5. The maximum absolute atomic E-state index is 15.4. The van der Waals surface area contributed by atoms with E-state index in [0.29, 0.717) is 45.2 Å². The van der Waals surface area contributed by atoms with Gasteiger partial charge in [-0.1, -0.05) is 90.6 Å². The van der Waals surface area contributed by atoms with Gasteiger partial charge in [0, 0.05) is 75.4 Å². The van der Waals surface area contributed by atoms with Crippen molar-refractivity contribution in [3.63, 3.8) is 0 Å². The standard InChI is InChI=1S/C70H101ClF4N12O12/c1-14-44(6)59-66(97)81(9)40-57(90)79(7)41-58(91)83(11)53(37-46-22-20-23-47(72)35-46)64(95)80(8)39-55(88)76-50(28-26-45-25-27-48(49(71)36-45)70(73,74)75)63(94)87-33-21-24-51(87)62(93)78-69(29-16-17-30-69)68(99)85(13)60(43(4)5)67(98)84(12)54(65(96)86-31-18-15-19-32-86)38-56(89)82(10)52(34-42(2)3)61(92)77-59/h20,22-23,25,27,35-36,42-44,50-54,59-60H,14-19,21,24,26,28-34,37-41H2,1-13H3,(H,76,88)(H,77,92)(H,78,93)/t44-,50-,51?,52-,53-,54-,59-,60-/m0/s1. The Kier molecular flexibility index (Phi) is 28.2. The number of amides is 12. The van der Waals surface area contributed by atoms with Crippen LogP contribution in [0, 0.1) is 23.6 Å². The molecule has 24 nitrogen and oxygen atoms in total. The Balaban J connectivity index is 1.43. The Bertz CT molecular complexity index is 3290. The Hall–Kier alpha value is -7.91. The van der Waals surface area contributed by atoms with Gasteiger partial charge in [0.05, 0.1) is 36.6 Å². The average molecular weight is 1410 g/mol. The van der Waals surface area contributed by atoms with Crippen molar-refractivity contribution in [3.8, 4) is 0 Å². The molecule has 4 aliphatic rings. The monoisotopic (exact) mass is 1410 g/mol. The molecule has 548 valence electrons. The minimum absolute atomic E-state index is 0.0114. The summed E-state index contributed by atoms with van der Waals surface area (Å²) < 4.78 is 56.2. The van der Waals surface area contributed by atoms with Crippen LogP contribution in [-0.2, 0) is 76.6 Å². The van der Waals surface area contributed by atoms with Gasteiger partial charge in [0.2, 0.25) is 70.9 Å². The molecule has 29 heteroatoms. The molecule has 0 bridgehead atoms. The number of benzene rings is 2. The molecule has 12 amide bonds. The van der Waals surface area contributed by atoms with Crippen LogP contribution in [0.2, 0.25) is 5.02 Å². The number of rotatable bonds is 11. The molecule has 6 rings (SSSR count). The highest BCUT2D eigenvalue weighted by molar-refractivity contribution is 6.31. The van der Waals surface area contributed by atoms with E-state index in [-0.39, 0.29) is 75.0 Å². The summed E-state index contributed by atoms with van der Waals surface area (Å²) in [6.45, 7) is 9.31. The van der Waals surface area contributed by atoms with Crippen molar-refractivity contribution in [2.75, 3.05) is 88.6 Å². The van der Waals surface area contributed by atoms with Crippen molar-refractivity contribution in [3.05, 3.63) is 70.0 Å². The third-order valence-corrected chi connectivity index (χ3v) is 20.2. The number of alkyl halides is 3. The molecule has 4 fully saturated rings. The van der Waals surface area contributed by atoms with Gasteiger partial charge < -0.3 is 60.0 Å². The molecule has 2 aromatic rings. The zero-order valence-electron chi connectivity index (χ0n) is 59.5. The smallest absolute Gasteiger partial charge is 0.343 e. The lowest BCUT2D eigenvalue weighted by Gasteiger charge is -2.42. The van der Waals surface area contributed by atoms with E-state index in [1.807, 2.05) is 13.8 Å². The number of likely N-dealkylation sites (tertiary alicyclic amines) is 1. The first-order valence-electron chi connectivity index (χ1n) is 34.3. The number of carbonyl (C=O) groups is 12. The van der Waals surface area contributed by atoms with Gasteiger partial charge in [-0.25, -0.2) is 4.39 Å². The second kappa shape index (κ2) is 34.9. The van der Waals surface area contributed by atoms with Gasteiger partial charge >= 0.3 is 6.18 Å². The summed E-state index contributed by atoms with van der Waals surface area (Å²) in [5.74, 6) is -10.7. The molecule has 1 saturated carbocycles. The maximum Gasteiger partial charge on any atom is 0.417 e. The van der Waals surface area contributed by atoms with Crippen LogP contribution in [0.4, 0.5) is 17.6 Å². The molecule has 8 atom stereocenters. The van der Waals surface area contributed by atoms with Gasteiger partial charge in [-0.05, 0) is 117 Å². The highest BCUT2D eigenvalue weighted by Crippen LogP contribution is 2.37. The zero-order valence-corrected chi connectivity index (χ0v) is 60.2. The Morgan fingerprint density at radius 3 is 1.87 bits per heavy atom. The number of nitrogens with one attached hydrogen (secondary N) is 3. The summed E-state index contributed by atoms with van der Waals surface area (Å²) in [7, 11) is 9.39. The second-order valence-corrected chi connectivity index (χ2v) is 28.5. The molecule has 3 aliphatic heterocycles. The highest BCUT2D eigenvalue weighted by Gasteiger charge is 2.51. The van der Waals surface area contributed by atoms with Gasteiger partial charge in [-0.2, -0.15) is 13.2 Å². The molecule has 1 unspecified atom stereocenters. The number of hydrogen-bond acceptors (Lipinski definition) is 12. The van der Waals surface area contributed by atoms with E-state index in [0.717, 1.165) is 44.2 Å². The largest absolute Gasteiger partial charge is 0.417 e. The molecule has 3 heterocycles. The van der Waals surface area contributed by atoms with E-state index < -0.39 is 179 Å². The van der Waals surface area contributed by atoms with Gasteiger partial charge in [-0.15, -0.1) is 0 Å². The Morgan fingerprint density at radius 1 is 0.646 bits per heavy atom. The molecule has 1 aliphatic carbocycles. The first-order valence-corrected chi connectivity index (χ1v) is 34.7. The van der Waals surface area contributed by atoms with E-state index >= 15 is 14.4 Å². The van der Waals surface area contributed by atoms with Crippen LogP contribution in [0.5, 0.6) is 0 Å². The van der Waals surface area contributed by atoms with Crippen molar-refractivity contribution in [1.29, 1.82) is 0 Å². The minimum Gasteiger partial charge on any atom is -0.343 e. The van der Waals surface area contributed by atoms with Gasteiger partial charge in [-0.3, -0.25) is 57.5 Å². The molecule has 3 saturated heterocycles. The molecular formula is C70H101ClF4N12O12. The third kappa shape index (κ3) is 20.2. The van der Waals surface area contributed by atoms with Crippen LogP contribution in [0.3, 0.4) is 0 Å². The van der Waals surface area contributed by atoms with Crippen molar-refractivity contribution < 1.29 is 75.1 Å². The Labute approximate surface area is 583 Å². The topological polar surface area (TPSA) is 270 Å². The summed E-state index contributed by atoms with van der Waals surface area (Å²) in [5, 5.41) is 7.92. The first-order chi connectivity index (χ1) is 46.4. The quantitative estimate of drug-likeness (QED) is 0.253. The first kappa shape index (κ1) is 80.1. The molecule has 99 heavy (non-hydrogen) atoms. The van der Waals surface area contributed by atoms with Crippen molar-refractivity contribution >= 4 is 82.5 Å². The lowest BCUT2D eigenvalue weighted by Crippen LogP contribution is -2.65. The summed E-state index contributed by atoms with van der Waals surface area (Å²) in [5.41, 5.74) is -2.19. The van der Waals surface area contributed by atoms with Crippen molar-refractivity contribution in [1.82, 2.24) is 60.0 Å². The number of carbonyl (C=O) groups excluding carboxylic acids is 12. The van der Waals surface area contributed by atoms with Gasteiger partial charge in [0.15, 0.2) is 0 Å². The second-order valence-electron chi connectivity index (χ2n) is 28.1. The predicted octanol–water partition coefficient (Wildman–Crippen LogP) is 4.91. The number of aryl methyl sites for hydroxylation is 1. The minimum atomic E-state index is -4.79. The zero-order chi connectivity index (χ0) is 73.7. The SMILES string of the molecule is CC[C@H](C)[C@@H]1NC(=O)[C@H](CC(C)C)N(C)C(=O)C[C@@H](C(=O)N2CCCCC2)N(C)C(=O)[C@H](C(C)C)N(C)C(=O)C2(CCCC2)NC(=O)C2CCCN2C(=O)[C@H](CCc2ccc(C(F)(F)F)c(Cl)c2)NC(=O)CN(C)C(=O)[C@H](Cc2cccc(F)c2)N(C)C(=O)CN(C)C(=O)CN(C)C1=O. The molecule has 0 radical (unpaired) electrons. The van der Waals surface area contributed by atoms with E-state index in [4.69, 9.17) is 11.6 Å². The number of fused-ring (bicyclic) bond motifs is 1. The van der Waals surface area contributed by atoms with E-state index in [9.17, 15) is 60.7 Å². The molecule has 3 N–H and O–H groups in total. The van der Waals surface area contributed by atoms with E-state index in [2.05, 4.69) is 16.0 Å². The average Bonchev–Trinajstić information content (AvgIpc) is 1.75. The number of hydrogen-bond donors (Lipinski definition) is 3. The van der Waals surface area contributed by atoms with Gasteiger partial charge in [0.25, 0.3) is 0 Å². The fourth-order valence-electron chi connectivity index (χ4n) is 13.7. The fourth-order valence-corrected chi connectivity index (χ4v) is 14.0. The molecule has 1 spiro atoms. The fraction of sp³-hybridized carbons (Fsp3) is 0.657. The van der Waals surface area contributed by atoms with Crippen LogP contribution in [0.25, 0.3) is 0 Å². The number of likely N-dealkylation sites (N-methyl/N-ethyl adjacent to an activating group) is 7. The number of piperidine rings is 1. The molecule has 0 aromatic heterocycles. The Morgan fingerprint density at radius 2 is 1.27 bits per heavy atom. The van der Waals surface area contributed by atoms with Gasteiger partial charge in [0.1, 0.15) is 53.6 Å². The normalized spacial score (nSPS) is 24.9. The van der Waals surface area contributed by atoms with Crippen LogP contribution in [-0.4, -0.2) is 251 Å². The summed E-state index contributed by atoms with van der Waals surface area (Å²) in [6, 6.07) is -1.08. The maximum atomic E-state index is 15.4. The van der Waals surface area contributed by atoms with Crippen molar-refractivity contribution in [2.45, 2.75) is 192 Å². The van der Waals surface area contributed by atoms with E-state index in [1.165, 1.54) is 93.2 Å². The van der Waals surface area contributed by atoms with Crippen molar-refractivity contribution in [2.24, 2.45) is 17.8 Å². The number of nitrogens with zero attached hydrogens (tertiary/aromatic N) is 9. The lowest BCUT2D eigenvalue weighted by atomic mass is 9.91. The predicted molar refractivity (Wildman–Crippen MR) is 361 cm³/mol. The van der Waals surface area contributed by atoms with Crippen LogP contribution in [0.1, 0.15) is 142 Å². The van der Waals surface area contributed by atoms with Crippen LogP contribution >= 0.6 is 11.6 Å². The summed E-state index contributed by atoms with van der Waals surface area (Å²) in [4.78, 5) is 188. The summed E-state index contributed by atoms with van der Waals surface area (Å²) >= 11 is 6.12. The van der Waals surface area contributed by atoms with E-state index in [1.54, 1.807) is 32.6 Å². The molecule has 2 aromatic carbocycles. The highest BCUT2D eigenvalue weighted by atomic mass is 35.5. The third-order valence-electron chi connectivity index (χ3n) is 19.9. The van der Waals surface area contributed by atoms with Crippen LogP contribution < -0.4 is 16.0 Å². The summed E-state index contributed by atoms with van der Waals surface area (Å²) in [6.07, 6.45) is -1.81. The molecular weight excluding hydrogens is 1310 g/mol. The lowest BCUT2D eigenvalue weighted by molar-refractivity contribution is -0.156.